The summed E-state index contributed by atoms with van der Waals surface area (Å²) in [5, 5.41) is 15.2. The van der Waals surface area contributed by atoms with Crippen LogP contribution >= 0.6 is 0 Å². The van der Waals surface area contributed by atoms with Gasteiger partial charge in [-0.3, -0.25) is 9.48 Å². The van der Waals surface area contributed by atoms with Crippen LogP contribution in [0.15, 0.2) is 36.5 Å². The summed E-state index contributed by atoms with van der Waals surface area (Å²) in [5.41, 5.74) is 0.900. The van der Waals surface area contributed by atoms with Gasteiger partial charge in [0.1, 0.15) is 12.4 Å². The fraction of sp³-hybridized carbons (Fsp3) is 0.214. The molecule has 2 rings (SSSR count). The number of hydrogen-bond acceptors (Lipinski definition) is 3. The van der Waals surface area contributed by atoms with Crippen molar-refractivity contribution in [2.45, 2.75) is 19.4 Å². The maximum atomic E-state index is 12.7. The van der Waals surface area contributed by atoms with E-state index in [0.29, 0.717) is 12.2 Å². The maximum absolute atomic E-state index is 12.7. The normalized spacial score (nSPS) is 10.0. The number of nitriles is 1. The minimum absolute atomic E-state index is 0.144. The van der Waals surface area contributed by atoms with E-state index in [1.165, 1.54) is 16.8 Å². The summed E-state index contributed by atoms with van der Waals surface area (Å²) in [7, 11) is 0. The molecule has 2 aromatic rings. The zero-order valence-corrected chi connectivity index (χ0v) is 10.7. The molecule has 1 aromatic heterocycles. The average Bonchev–Trinajstić information content (AvgIpc) is 2.86. The van der Waals surface area contributed by atoms with Crippen LogP contribution < -0.4 is 5.32 Å². The summed E-state index contributed by atoms with van der Waals surface area (Å²) in [6, 6.07) is 9.65. The van der Waals surface area contributed by atoms with Crippen LogP contribution in [0.2, 0.25) is 0 Å². The molecule has 0 saturated heterocycles. The predicted molar refractivity (Wildman–Crippen MR) is 71.2 cm³/mol. The number of carbonyl (C=O) groups excluding carboxylic acids is 1. The highest BCUT2D eigenvalue weighted by atomic mass is 19.1. The molecule has 0 atom stereocenters. The van der Waals surface area contributed by atoms with Gasteiger partial charge in [-0.25, -0.2) is 4.39 Å². The molecule has 5 nitrogen and oxygen atoms in total. The lowest BCUT2D eigenvalue weighted by atomic mass is 10.1. The highest BCUT2D eigenvalue weighted by Gasteiger charge is 2.05. The predicted octanol–water partition coefficient (Wildman–Crippen LogP) is 2.12. The van der Waals surface area contributed by atoms with Gasteiger partial charge in [0.25, 0.3) is 0 Å². The molecule has 0 aliphatic heterocycles. The number of amides is 1. The molecule has 0 radical (unpaired) electrons. The van der Waals surface area contributed by atoms with Crippen molar-refractivity contribution in [1.82, 2.24) is 9.78 Å². The Morgan fingerprint density at radius 3 is 2.80 bits per heavy atom. The zero-order chi connectivity index (χ0) is 14.4. The molecule has 0 bridgehead atoms. The largest absolute Gasteiger partial charge is 0.309 e. The molecular weight excluding hydrogens is 259 g/mol. The number of hydrogen-bond donors (Lipinski definition) is 1. The van der Waals surface area contributed by atoms with Crippen LogP contribution in [0.3, 0.4) is 0 Å². The van der Waals surface area contributed by atoms with Crippen molar-refractivity contribution < 1.29 is 9.18 Å². The first-order valence-corrected chi connectivity index (χ1v) is 6.12. The van der Waals surface area contributed by atoms with Crippen molar-refractivity contribution in [3.63, 3.8) is 0 Å². The first-order valence-electron chi connectivity index (χ1n) is 6.12. The summed E-state index contributed by atoms with van der Waals surface area (Å²) < 4.78 is 14.2. The molecule has 0 aliphatic rings. The third-order valence-corrected chi connectivity index (χ3v) is 2.69. The molecule has 0 saturated carbocycles. The van der Waals surface area contributed by atoms with Crippen molar-refractivity contribution in [3.8, 4) is 6.07 Å². The molecule has 0 aliphatic carbocycles. The summed E-state index contributed by atoms with van der Waals surface area (Å²) in [6.45, 7) is 0.144. The highest BCUT2D eigenvalue weighted by Crippen LogP contribution is 2.07. The molecule has 0 unspecified atom stereocenters. The number of nitrogens with one attached hydrogen (secondary N) is 1. The van der Waals surface area contributed by atoms with Crippen LogP contribution in [0.25, 0.3) is 0 Å². The Morgan fingerprint density at radius 2 is 2.10 bits per heavy atom. The Balaban J connectivity index is 1.83. The van der Waals surface area contributed by atoms with Crippen LogP contribution in [-0.2, 0) is 17.8 Å². The number of anilines is 1. The number of nitrogens with zero attached hydrogens (tertiary/aromatic N) is 3. The number of rotatable bonds is 5. The quantitative estimate of drug-likeness (QED) is 0.906. The molecule has 102 valence electrons. The number of halogens is 1. The molecule has 20 heavy (non-hydrogen) atoms. The second-order valence-electron chi connectivity index (χ2n) is 4.23. The molecule has 0 fully saturated rings. The van der Waals surface area contributed by atoms with Crippen molar-refractivity contribution in [2.75, 3.05) is 5.32 Å². The number of aromatic nitrogens is 2. The first kappa shape index (κ1) is 13.7. The lowest BCUT2D eigenvalue weighted by Crippen LogP contribution is -2.13. The van der Waals surface area contributed by atoms with Crippen molar-refractivity contribution in [3.05, 3.63) is 47.9 Å². The maximum Gasteiger partial charge on any atom is 0.225 e. The van der Waals surface area contributed by atoms with Crippen LogP contribution in [0.1, 0.15) is 12.0 Å². The average molecular weight is 272 g/mol. The monoisotopic (exact) mass is 272 g/mol. The van der Waals surface area contributed by atoms with Gasteiger partial charge in [-0.2, -0.15) is 10.4 Å². The van der Waals surface area contributed by atoms with Crippen molar-refractivity contribution in [2.24, 2.45) is 0 Å². The van der Waals surface area contributed by atoms with E-state index in [4.69, 9.17) is 5.26 Å². The van der Waals surface area contributed by atoms with E-state index in [1.807, 2.05) is 6.07 Å². The molecule has 6 heteroatoms. The van der Waals surface area contributed by atoms with Crippen LogP contribution in [0.5, 0.6) is 0 Å². The van der Waals surface area contributed by atoms with Crippen LogP contribution in [-0.4, -0.2) is 15.7 Å². The summed E-state index contributed by atoms with van der Waals surface area (Å²) in [4.78, 5) is 11.7. The van der Waals surface area contributed by atoms with Gasteiger partial charge in [0.05, 0.1) is 6.07 Å². The second kappa shape index (κ2) is 6.48. The molecule has 1 heterocycles. The van der Waals surface area contributed by atoms with E-state index >= 15 is 0 Å². The van der Waals surface area contributed by atoms with Crippen LogP contribution in [0.4, 0.5) is 10.2 Å². The SMILES string of the molecule is N#CCn1ccc(NC(=O)CCc2ccc(F)cc2)n1. The lowest BCUT2D eigenvalue weighted by molar-refractivity contribution is -0.116. The molecule has 1 aromatic carbocycles. The lowest BCUT2D eigenvalue weighted by Gasteiger charge is -2.02. The number of benzene rings is 1. The van der Waals surface area contributed by atoms with Gasteiger partial charge in [-0.1, -0.05) is 12.1 Å². The molecule has 0 spiro atoms. The third kappa shape index (κ3) is 3.92. The van der Waals surface area contributed by atoms with E-state index in [0.717, 1.165) is 5.56 Å². The third-order valence-electron chi connectivity index (χ3n) is 2.69. The highest BCUT2D eigenvalue weighted by molar-refractivity contribution is 5.89. The number of carbonyl (C=O) groups is 1. The Labute approximate surface area is 115 Å². The van der Waals surface area contributed by atoms with E-state index in [-0.39, 0.29) is 24.7 Å². The van der Waals surface area contributed by atoms with E-state index in [1.54, 1.807) is 24.4 Å². The van der Waals surface area contributed by atoms with Gasteiger partial charge in [0, 0.05) is 18.7 Å². The van der Waals surface area contributed by atoms with Gasteiger partial charge < -0.3 is 5.32 Å². The van der Waals surface area contributed by atoms with Crippen molar-refractivity contribution >= 4 is 11.7 Å². The standard InChI is InChI=1S/C14H13FN4O/c15-12-4-1-11(2-5-12)3-6-14(20)17-13-7-9-19(18-13)10-8-16/h1-2,4-5,7,9H,3,6,10H2,(H,17,18,20). The van der Waals surface area contributed by atoms with Gasteiger partial charge in [-0.15, -0.1) is 0 Å². The second-order valence-corrected chi connectivity index (χ2v) is 4.23. The van der Waals surface area contributed by atoms with E-state index in [9.17, 15) is 9.18 Å². The minimum Gasteiger partial charge on any atom is -0.309 e. The fourth-order valence-electron chi connectivity index (χ4n) is 1.70. The smallest absolute Gasteiger partial charge is 0.225 e. The Morgan fingerprint density at radius 1 is 1.35 bits per heavy atom. The summed E-state index contributed by atoms with van der Waals surface area (Å²) in [5.74, 6) is -0.0397. The van der Waals surface area contributed by atoms with Crippen LogP contribution in [0, 0.1) is 17.1 Å². The zero-order valence-electron chi connectivity index (χ0n) is 10.7. The van der Waals surface area contributed by atoms with E-state index < -0.39 is 0 Å². The van der Waals surface area contributed by atoms with Gasteiger partial charge >= 0.3 is 0 Å². The molecule has 1 N–H and O–H groups in total. The van der Waals surface area contributed by atoms with Gasteiger partial charge in [-0.05, 0) is 24.1 Å². The van der Waals surface area contributed by atoms with E-state index in [2.05, 4.69) is 10.4 Å². The molecule has 1 amide bonds. The van der Waals surface area contributed by atoms with Gasteiger partial charge in [0.15, 0.2) is 5.82 Å². The Kier molecular flexibility index (Phi) is 4.45. The summed E-state index contributed by atoms with van der Waals surface area (Å²) in [6.07, 6.45) is 2.45. The summed E-state index contributed by atoms with van der Waals surface area (Å²) >= 11 is 0. The Hall–Kier alpha value is -2.68. The fourth-order valence-corrected chi connectivity index (χ4v) is 1.70. The molecular formula is C14H13FN4O. The Bertz CT molecular complexity index is 627. The number of aryl methyl sites for hydroxylation is 1. The first-order chi connectivity index (χ1) is 9.67. The topological polar surface area (TPSA) is 70.7 Å². The van der Waals surface area contributed by atoms with Gasteiger partial charge in [0.2, 0.25) is 5.91 Å². The van der Waals surface area contributed by atoms with Crippen molar-refractivity contribution in [1.29, 1.82) is 5.26 Å². The minimum atomic E-state index is -0.291.